The van der Waals surface area contributed by atoms with Gasteiger partial charge in [0.2, 0.25) is 17.0 Å². The first-order valence-electron chi connectivity index (χ1n) is 11.2. The molecule has 3 rings (SSSR count). The molecule has 0 radical (unpaired) electrons. The summed E-state index contributed by atoms with van der Waals surface area (Å²) in [4.78, 5) is 40.7. The number of H-pyrrole nitrogens is 1. The molecule has 1 aromatic rings. The first-order chi connectivity index (χ1) is 15.9. The second-order valence-corrected chi connectivity index (χ2v) is 10.4. The number of carbonyl (C=O) groups is 3. The van der Waals surface area contributed by atoms with Crippen LogP contribution in [0.1, 0.15) is 52.4 Å². The summed E-state index contributed by atoms with van der Waals surface area (Å²) in [7, 11) is 0. The number of hydrogen-bond acceptors (Lipinski definition) is 9. The number of nitrogens with one attached hydrogen (secondary N) is 1. The molecule has 0 spiro atoms. The summed E-state index contributed by atoms with van der Waals surface area (Å²) >= 11 is 2.72. The molecule has 2 aliphatic heterocycles. The van der Waals surface area contributed by atoms with Crippen LogP contribution in [-0.2, 0) is 14.4 Å². The number of aromatic nitrogens is 4. The Balaban J connectivity index is 1.82. The van der Waals surface area contributed by atoms with Crippen LogP contribution in [0.4, 0.5) is 0 Å². The van der Waals surface area contributed by atoms with Gasteiger partial charge in [-0.2, -0.15) is 0 Å². The Morgan fingerprint density at radius 1 is 1.33 bits per heavy atom. The molecule has 3 heterocycles. The second kappa shape index (κ2) is 11.8. The molecule has 0 aliphatic carbocycles. The van der Waals surface area contributed by atoms with E-state index in [1.54, 1.807) is 0 Å². The highest BCUT2D eigenvalue weighted by molar-refractivity contribution is 8.01. The molecule has 2 amide bonds. The van der Waals surface area contributed by atoms with E-state index >= 15 is 0 Å². The maximum Gasteiger partial charge on any atom is 0.352 e. The quantitative estimate of drug-likeness (QED) is 0.269. The van der Waals surface area contributed by atoms with Gasteiger partial charge in [0.1, 0.15) is 17.1 Å². The number of carbonyl (C=O) groups excluding carboxylic acids is 2. The molecule has 0 aromatic carbocycles. The molecule has 1 saturated heterocycles. The van der Waals surface area contributed by atoms with Crippen LogP contribution in [0.15, 0.2) is 16.4 Å². The van der Waals surface area contributed by atoms with Crippen molar-refractivity contribution in [1.82, 2.24) is 30.4 Å². The molecule has 1 fully saturated rings. The van der Waals surface area contributed by atoms with Crippen molar-refractivity contribution >= 4 is 41.3 Å². The number of thioether (sulfide) groups is 2. The zero-order chi connectivity index (χ0) is 24.0. The van der Waals surface area contributed by atoms with Crippen molar-refractivity contribution in [2.24, 2.45) is 5.73 Å². The van der Waals surface area contributed by atoms with Crippen LogP contribution < -0.4 is 5.73 Å². The molecule has 13 heteroatoms. The maximum absolute atomic E-state index is 13.0. The SMILES string of the molecule is CCCCN(CCCC)C(=O)CCC(Sc1nnn[nH]1)C1=C(C(=O)O)N2C(=O)C(N)[C@@H]2SC1. The van der Waals surface area contributed by atoms with Crippen molar-refractivity contribution in [3.8, 4) is 0 Å². The first-order valence-corrected chi connectivity index (χ1v) is 13.2. The Morgan fingerprint density at radius 3 is 2.61 bits per heavy atom. The van der Waals surface area contributed by atoms with E-state index in [1.165, 1.54) is 28.4 Å². The summed E-state index contributed by atoms with van der Waals surface area (Å²) in [6.45, 7) is 5.63. The third-order valence-electron chi connectivity index (χ3n) is 5.75. The van der Waals surface area contributed by atoms with Gasteiger partial charge in [-0.3, -0.25) is 14.5 Å². The Labute approximate surface area is 201 Å². The van der Waals surface area contributed by atoms with Crippen molar-refractivity contribution in [3.63, 3.8) is 0 Å². The zero-order valence-corrected chi connectivity index (χ0v) is 20.5. The molecule has 2 aliphatic rings. The number of aliphatic carboxylic acids is 1. The van der Waals surface area contributed by atoms with Crippen LogP contribution in [0.25, 0.3) is 0 Å². The lowest BCUT2D eigenvalue weighted by molar-refractivity contribution is -0.148. The fourth-order valence-corrected chi connectivity index (χ4v) is 6.39. The average molecular weight is 498 g/mol. The van der Waals surface area contributed by atoms with Gasteiger partial charge in [-0.1, -0.05) is 38.5 Å². The Kier molecular flexibility index (Phi) is 9.15. The minimum absolute atomic E-state index is 0.0308. The highest BCUT2D eigenvalue weighted by atomic mass is 32.2. The van der Waals surface area contributed by atoms with E-state index in [9.17, 15) is 19.5 Å². The lowest BCUT2D eigenvalue weighted by Gasteiger charge is -2.48. The van der Waals surface area contributed by atoms with E-state index in [0.29, 0.717) is 22.9 Å². The smallest absolute Gasteiger partial charge is 0.352 e. The third kappa shape index (κ3) is 5.87. The molecular formula is C20H31N7O4S2. The monoisotopic (exact) mass is 497 g/mol. The highest BCUT2D eigenvalue weighted by Gasteiger charge is 2.52. The lowest BCUT2D eigenvalue weighted by atomic mass is 10.00. The van der Waals surface area contributed by atoms with Crippen LogP contribution >= 0.6 is 23.5 Å². The van der Waals surface area contributed by atoms with Gasteiger partial charge in [0.15, 0.2) is 0 Å². The van der Waals surface area contributed by atoms with Crippen LogP contribution in [0.3, 0.4) is 0 Å². The third-order valence-corrected chi connectivity index (χ3v) is 8.27. The first kappa shape index (κ1) is 25.5. The van der Waals surface area contributed by atoms with Crippen molar-refractivity contribution < 1.29 is 19.5 Å². The molecule has 4 N–H and O–H groups in total. The van der Waals surface area contributed by atoms with Gasteiger partial charge in [-0.25, -0.2) is 9.89 Å². The molecular weight excluding hydrogens is 466 g/mol. The molecule has 3 atom stereocenters. The number of aromatic amines is 1. The number of carboxylic acid groups (broad SMARTS) is 1. The van der Waals surface area contributed by atoms with Gasteiger partial charge in [-0.15, -0.1) is 16.9 Å². The van der Waals surface area contributed by atoms with E-state index in [4.69, 9.17) is 5.73 Å². The van der Waals surface area contributed by atoms with Gasteiger partial charge in [0.25, 0.3) is 0 Å². The Hall–Kier alpha value is -2.12. The van der Waals surface area contributed by atoms with Gasteiger partial charge in [0, 0.05) is 30.5 Å². The Morgan fingerprint density at radius 2 is 2.03 bits per heavy atom. The van der Waals surface area contributed by atoms with Crippen molar-refractivity contribution in [1.29, 1.82) is 0 Å². The van der Waals surface area contributed by atoms with E-state index in [1.807, 2.05) is 4.90 Å². The van der Waals surface area contributed by atoms with Crippen molar-refractivity contribution in [2.45, 2.75) is 74.2 Å². The van der Waals surface area contributed by atoms with Crippen molar-refractivity contribution in [3.05, 3.63) is 11.3 Å². The number of rotatable bonds is 13. The van der Waals surface area contributed by atoms with Crippen LogP contribution in [-0.4, -0.2) is 88.8 Å². The topological polar surface area (TPSA) is 158 Å². The van der Waals surface area contributed by atoms with Crippen LogP contribution in [0.5, 0.6) is 0 Å². The lowest BCUT2D eigenvalue weighted by Crippen LogP contribution is -2.68. The number of nitrogens with zero attached hydrogens (tertiary/aromatic N) is 5. The summed E-state index contributed by atoms with van der Waals surface area (Å²) < 4.78 is 0. The molecule has 1 aromatic heterocycles. The minimum Gasteiger partial charge on any atom is -0.477 e. The predicted molar refractivity (Wildman–Crippen MR) is 125 cm³/mol. The van der Waals surface area contributed by atoms with Gasteiger partial charge < -0.3 is 15.7 Å². The number of hydrogen-bond donors (Lipinski definition) is 3. The van der Waals surface area contributed by atoms with Crippen LogP contribution in [0, 0.1) is 0 Å². The average Bonchev–Trinajstić information content (AvgIpc) is 3.33. The zero-order valence-electron chi connectivity index (χ0n) is 18.9. The number of unbranched alkanes of at least 4 members (excludes halogenated alkanes) is 2. The predicted octanol–water partition coefficient (Wildman–Crippen LogP) is 1.45. The summed E-state index contributed by atoms with van der Waals surface area (Å²) in [6.07, 6.45) is 4.58. The second-order valence-electron chi connectivity index (χ2n) is 8.05. The number of nitrogens with two attached hydrogens (primary N) is 1. The number of fused-ring (bicyclic) bond motifs is 1. The van der Waals surface area contributed by atoms with E-state index in [2.05, 4.69) is 34.5 Å². The highest BCUT2D eigenvalue weighted by Crippen LogP contribution is 2.43. The number of β-lactam (4-membered cyclic amide) rings is 1. The Bertz CT molecular complexity index is 872. The normalized spacial score (nSPS) is 20.9. The van der Waals surface area contributed by atoms with E-state index in [0.717, 1.165) is 38.8 Å². The van der Waals surface area contributed by atoms with E-state index in [-0.39, 0.29) is 28.6 Å². The van der Waals surface area contributed by atoms with E-state index < -0.39 is 17.9 Å². The standard InChI is InChI=1S/C20H31N7O4S2/c1-3-5-9-26(10-6-4-2)14(28)8-7-13(33-20-22-24-25-23-20)12-11-32-18-15(21)17(29)27(18)16(12)19(30)31/h13,15,18H,3-11,21H2,1-2H3,(H,30,31)(H,22,23,24,25)/t13?,15?,18-/m0/s1. The number of amides is 2. The molecule has 0 saturated carbocycles. The fourth-order valence-electron chi connectivity index (χ4n) is 3.90. The molecule has 33 heavy (non-hydrogen) atoms. The molecule has 2 unspecified atom stereocenters. The molecule has 0 bridgehead atoms. The van der Waals surface area contributed by atoms with Crippen LogP contribution in [0.2, 0.25) is 0 Å². The maximum atomic E-state index is 13.0. The van der Waals surface area contributed by atoms with Gasteiger partial charge in [0.05, 0.1) is 0 Å². The number of carboxylic acids is 1. The minimum atomic E-state index is -1.17. The molecule has 182 valence electrons. The fraction of sp³-hybridized carbons (Fsp3) is 0.700. The summed E-state index contributed by atoms with van der Waals surface area (Å²) in [5.41, 5.74) is 6.43. The van der Waals surface area contributed by atoms with Gasteiger partial charge >= 0.3 is 5.97 Å². The summed E-state index contributed by atoms with van der Waals surface area (Å²) in [5, 5.41) is 23.4. The van der Waals surface area contributed by atoms with Gasteiger partial charge in [-0.05, 0) is 35.3 Å². The largest absolute Gasteiger partial charge is 0.477 e. The summed E-state index contributed by atoms with van der Waals surface area (Å²) in [5.74, 6) is -1.10. The molecule has 11 nitrogen and oxygen atoms in total. The number of tetrazole rings is 1. The van der Waals surface area contributed by atoms with Crippen molar-refractivity contribution in [2.75, 3.05) is 18.8 Å². The summed E-state index contributed by atoms with van der Waals surface area (Å²) in [6, 6.07) is -0.692.